The van der Waals surface area contributed by atoms with Gasteiger partial charge < -0.3 is 5.32 Å². The first-order valence-corrected chi connectivity index (χ1v) is 5.77. The van der Waals surface area contributed by atoms with Gasteiger partial charge in [0.25, 0.3) is 0 Å². The number of anilines is 1. The molecule has 2 heterocycles. The Labute approximate surface area is 106 Å². The Bertz CT molecular complexity index is 586. The summed E-state index contributed by atoms with van der Waals surface area (Å²) >= 11 is 0. The van der Waals surface area contributed by atoms with Crippen LogP contribution in [0.25, 0.3) is 0 Å². The van der Waals surface area contributed by atoms with Crippen LogP contribution in [0.4, 0.5) is 5.82 Å². The maximum absolute atomic E-state index is 9.08. The van der Waals surface area contributed by atoms with Crippen LogP contribution in [0.15, 0.2) is 12.4 Å². The number of nitrogens with zero attached hydrogens (tertiary/aromatic N) is 5. The lowest BCUT2D eigenvalue weighted by Crippen LogP contribution is -2.09. The second kappa shape index (κ2) is 4.92. The van der Waals surface area contributed by atoms with Gasteiger partial charge in [-0.05, 0) is 18.9 Å². The molecule has 0 saturated carbocycles. The van der Waals surface area contributed by atoms with Crippen LogP contribution in [0.2, 0.25) is 0 Å². The van der Waals surface area contributed by atoms with E-state index in [1.165, 1.54) is 5.56 Å². The van der Waals surface area contributed by atoms with Gasteiger partial charge in [0.1, 0.15) is 17.5 Å². The van der Waals surface area contributed by atoms with Gasteiger partial charge in [-0.3, -0.25) is 9.36 Å². The van der Waals surface area contributed by atoms with Crippen LogP contribution in [-0.4, -0.2) is 26.1 Å². The van der Waals surface area contributed by atoms with E-state index in [0.29, 0.717) is 5.56 Å². The van der Waals surface area contributed by atoms with Gasteiger partial charge in [-0.25, -0.2) is 0 Å². The fourth-order valence-corrected chi connectivity index (χ4v) is 1.92. The van der Waals surface area contributed by atoms with Crippen molar-refractivity contribution < 1.29 is 0 Å². The van der Waals surface area contributed by atoms with Gasteiger partial charge in [-0.15, -0.1) is 0 Å². The lowest BCUT2D eigenvalue weighted by atomic mass is 10.2. The van der Waals surface area contributed by atoms with E-state index in [1.54, 1.807) is 9.36 Å². The van der Waals surface area contributed by atoms with Gasteiger partial charge in [-0.1, -0.05) is 0 Å². The average molecular weight is 244 g/mol. The van der Waals surface area contributed by atoms with Crippen molar-refractivity contribution in [2.45, 2.75) is 13.3 Å². The van der Waals surface area contributed by atoms with E-state index in [4.69, 9.17) is 5.26 Å². The van der Waals surface area contributed by atoms with Crippen molar-refractivity contribution in [2.24, 2.45) is 14.1 Å². The molecule has 0 unspecified atom stereocenters. The molecular formula is C12H16N6. The monoisotopic (exact) mass is 244 g/mol. The van der Waals surface area contributed by atoms with Crippen LogP contribution in [-0.2, 0) is 20.5 Å². The molecule has 2 rings (SSSR count). The number of aryl methyl sites for hydroxylation is 3. The summed E-state index contributed by atoms with van der Waals surface area (Å²) in [6, 6.07) is 2.18. The number of hydrogen-bond acceptors (Lipinski definition) is 4. The Morgan fingerprint density at radius 2 is 2.22 bits per heavy atom. The Kier molecular flexibility index (Phi) is 3.33. The van der Waals surface area contributed by atoms with Crippen molar-refractivity contribution in [3.63, 3.8) is 0 Å². The third kappa shape index (κ3) is 2.35. The number of nitrogens with one attached hydrogen (secondary N) is 1. The molecule has 0 aliphatic heterocycles. The Hall–Kier alpha value is -2.29. The number of rotatable bonds is 4. The van der Waals surface area contributed by atoms with Crippen molar-refractivity contribution in [3.8, 4) is 6.07 Å². The lowest BCUT2D eigenvalue weighted by molar-refractivity contribution is 0.756. The number of hydrogen-bond donors (Lipinski definition) is 1. The molecule has 0 bridgehead atoms. The average Bonchev–Trinajstić information content (AvgIpc) is 2.84. The molecule has 0 aliphatic rings. The SMILES string of the molecule is Cc1nn(C)c(NCCc2cnn(C)c2)c1C#N. The minimum absolute atomic E-state index is 0.615. The molecule has 0 spiro atoms. The van der Waals surface area contributed by atoms with Crippen LogP contribution in [0.3, 0.4) is 0 Å². The zero-order valence-electron chi connectivity index (χ0n) is 10.8. The molecule has 2 aromatic rings. The predicted octanol–water partition coefficient (Wildman–Crippen LogP) is 0.988. The molecule has 18 heavy (non-hydrogen) atoms. The molecule has 6 nitrogen and oxygen atoms in total. The summed E-state index contributed by atoms with van der Waals surface area (Å²) in [6.07, 6.45) is 4.70. The summed E-state index contributed by atoms with van der Waals surface area (Å²) < 4.78 is 3.49. The Morgan fingerprint density at radius 3 is 2.83 bits per heavy atom. The van der Waals surface area contributed by atoms with E-state index in [2.05, 4.69) is 21.6 Å². The second-order valence-electron chi connectivity index (χ2n) is 4.24. The quantitative estimate of drug-likeness (QED) is 0.870. The van der Waals surface area contributed by atoms with Crippen molar-refractivity contribution in [1.82, 2.24) is 19.6 Å². The molecule has 2 aromatic heterocycles. The van der Waals surface area contributed by atoms with Crippen LogP contribution in [0.5, 0.6) is 0 Å². The lowest BCUT2D eigenvalue weighted by Gasteiger charge is -2.05. The molecule has 0 aliphatic carbocycles. The highest BCUT2D eigenvalue weighted by molar-refractivity contribution is 5.54. The van der Waals surface area contributed by atoms with Crippen molar-refractivity contribution in [3.05, 3.63) is 29.2 Å². The predicted molar refractivity (Wildman–Crippen MR) is 68.1 cm³/mol. The molecule has 0 saturated heterocycles. The molecule has 0 amide bonds. The van der Waals surface area contributed by atoms with Crippen molar-refractivity contribution in [1.29, 1.82) is 5.26 Å². The first-order valence-electron chi connectivity index (χ1n) is 5.77. The smallest absolute Gasteiger partial charge is 0.142 e. The van der Waals surface area contributed by atoms with Crippen molar-refractivity contribution >= 4 is 5.82 Å². The fourth-order valence-electron chi connectivity index (χ4n) is 1.92. The first kappa shape index (κ1) is 12.2. The van der Waals surface area contributed by atoms with Gasteiger partial charge >= 0.3 is 0 Å². The van der Waals surface area contributed by atoms with Gasteiger partial charge in [0.2, 0.25) is 0 Å². The van der Waals surface area contributed by atoms with Crippen LogP contribution in [0, 0.1) is 18.3 Å². The molecule has 0 radical (unpaired) electrons. The highest BCUT2D eigenvalue weighted by Gasteiger charge is 2.11. The summed E-state index contributed by atoms with van der Waals surface area (Å²) in [5.41, 5.74) is 2.54. The Morgan fingerprint density at radius 1 is 1.44 bits per heavy atom. The molecule has 6 heteroatoms. The topological polar surface area (TPSA) is 71.5 Å². The number of nitriles is 1. The maximum atomic E-state index is 9.08. The van der Waals surface area contributed by atoms with Gasteiger partial charge in [0.05, 0.1) is 11.9 Å². The molecular weight excluding hydrogens is 228 g/mol. The fraction of sp³-hybridized carbons (Fsp3) is 0.417. The van der Waals surface area contributed by atoms with Crippen LogP contribution in [0.1, 0.15) is 16.8 Å². The molecule has 94 valence electrons. The summed E-state index contributed by atoms with van der Waals surface area (Å²) in [5, 5.41) is 20.7. The van der Waals surface area contributed by atoms with E-state index in [9.17, 15) is 0 Å². The van der Waals surface area contributed by atoms with Crippen molar-refractivity contribution in [2.75, 3.05) is 11.9 Å². The highest BCUT2D eigenvalue weighted by Crippen LogP contribution is 2.17. The Balaban J connectivity index is 2.01. The largest absolute Gasteiger partial charge is 0.369 e. The van der Waals surface area contributed by atoms with Crippen LogP contribution < -0.4 is 5.32 Å². The van der Waals surface area contributed by atoms with E-state index in [1.807, 2.05) is 33.4 Å². The van der Waals surface area contributed by atoms with Gasteiger partial charge in [0, 0.05) is 26.8 Å². The molecule has 0 atom stereocenters. The number of aromatic nitrogens is 4. The summed E-state index contributed by atoms with van der Waals surface area (Å²) in [4.78, 5) is 0. The third-order valence-electron chi connectivity index (χ3n) is 2.80. The molecule has 1 N–H and O–H groups in total. The highest BCUT2D eigenvalue weighted by atomic mass is 15.3. The van der Waals surface area contributed by atoms with Gasteiger partial charge in [-0.2, -0.15) is 15.5 Å². The zero-order valence-corrected chi connectivity index (χ0v) is 10.8. The molecule has 0 aromatic carbocycles. The first-order chi connectivity index (χ1) is 8.61. The summed E-state index contributed by atoms with van der Waals surface area (Å²) in [6.45, 7) is 2.59. The van der Waals surface area contributed by atoms with Crippen LogP contribution >= 0.6 is 0 Å². The zero-order chi connectivity index (χ0) is 13.1. The second-order valence-corrected chi connectivity index (χ2v) is 4.24. The van der Waals surface area contributed by atoms with Gasteiger partial charge in [0.15, 0.2) is 0 Å². The normalized spacial score (nSPS) is 10.3. The summed E-state index contributed by atoms with van der Waals surface area (Å²) in [5.74, 6) is 0.777. The summed E-state index contributed by atoms with van der Waals surface area (Å²) in [7, 11) is 3.73. The standard InChI is InChI=1S/C12H16N6/c1-9-11(6-13)12(18(3)16-9)14-5-4-10-7-15-17(2)8-10/h7-8,14H,4-5H2,1-3H3. The maximum Gasteiger partial charge on any atom is 0.142 e. The molecule has 0 fully saturated rings. The minimum Gasteiger partial charge on any atom is -0.369 e. The van der Waals surface area contributed by atoms with E-state index in [0.717, 1.165) is 24.5 Å². The van der Waals surface area contributed by atoms with E-state index < -0.39 is 0 Å². The third-order valence-corrected chi connectivity index (χ3v) is 2.80. The van der Waals surface area contributed by atoms with E-state index in [-0.39, 0.29) is 0 Å². The van der Waals surface area contributed by atoms with E-state index >= 15 is 0 Å². The minimum atomic E-state index is 0.615.